The maximum absolute atomic E-state index is 15.9. The number of anilines is 1. The smallest absolute Gasteiger partial charge is 0.476 e. The molecule has 0 amide bonds. The molecular formula is C23H35FN5O12P. The summed E-state index contributed by atoms with van der Waals surface area (Å²) in [5, 5.41) is 0. The number of fused-ring (bicyclic) bond motifs is 1. The molecule has 0 unspecified atom stereocenters. The molecule has 0 radical (unpaired) electrons. The van der Waals surface area contributed by atoms with E-state index in [0.717, 1.165) is 0 Å². The minimum atomic E-state index is -4.71. The van der Waals surface area contributed by atoms with Crippen molar-refractivity contribution in [3.05, 3.63) is 6.33 Å². The van der Waals surface area contributed by atoms with Gasteiger partial charge < -0.3 is 34.2 Å². The first-order valence-corrected chi connectivity index (χ1v) is 14.4. The van der Waals surface area contributed by atoms with Crippen molar-refractivity contribution >= 4 is 37.2 Å². The van der Waals surface area contributed by atoms with Crippen molar-refractivity contribution in [1.29, 1.82) is 0 Å². The van der Waals surface area contributed by atoms with Gasteiger partial charge in [0.15, 0.2) is 11.2 Å². The van der Waals surface area contributed by atoms with E-state index in [-0.39, 0.29) is 23.9 Å². The minimum absolute atomic E-state index is 0.0811. The molecule has 0 saturated carbocycles. The molecule has 2 aromatic heterocycles. The Morgan fingerprint density at radius 1 is 1.12 bits per heavy atom. The number of halogens is 1. The standard InChI is InChI=1S/C23H35FN5O12P/c1-7-33-18-16-17(27-20(25)28-18)29(10-26-16)19-15(6)8-23(24,41-19)9-36-42(32,37-11-34-21(30)39-13(2)3)38-12-35-22(31)40-14(4)5/h10,13-15,19H,7-9,11-12H2,1-6H3,(H2,25,27,28)/t15-,19+,23-/m0/s1. The molecule has 17 nitrogen and oxygen atoms in total. The number of phosphoric acid groups is 1. The predicted molar refractivity (Wildman–Crippen MR) is 140 cm³/mol. The fourth-order valence-corrected chi connectivity index (χ4v) is 4.67. The zero-order valence-corrected chi connectivity index (χ0v) is 24.9. The Morgan fingerprint density at radius 2 is 1.71 bits per heavy atom. The van der Waals surface area contributed by atoms with Gasteiger partial charge in [0.25, 0.3) is 0 Å². The Balaban J connectivity index is 1.70. The van der Waals surface area contributed by atoms with E-state index in [2.05, 4.69) is 24.4 Å². The second kappa shape index (κ2) is 14.2. The lowest BCUT2D eigenvalue weighted by Gasteiger charge is -2.24. The predicted octanol–water partition coefficient (Wildman–Crippen LogP) is 4.22. The third-order valence-corrected chi connectivity index (χ3v) is 6.57. The van der Waals surface area contributed by atoms with Crippen molar-refractivity contribution in [2.24, 2.45) is 5.92 Å². The van der Waals surface area contributed by atoms with Crippen molar-refractivity contribution in [1.82, 2.24) is 19.5 Å². The van der Waals surface area contributed by atoms with Crippen LogP contribution >= 0.6 is 7.82 Å². The molecule has 3 atom stereocenters. The molecular weight excluding hydrogens is 588 g/mol. The normalized spacial score (nSPS) is 20.7. The van der Waals surface area contributed by atoms with Gasteiger partial charge in [-0.3, -0.25) is 9.09 Å². The highest BCUT2D eigenvalue weighted by Crippen LogP contribution is 2.52. The molecule has 236 valence electrons. The maximum Gasteiger partial charge on any atom is 0.510 e. The Bertz CT molecular complexity index is 1250. The van der Waals surface area contributed by atoms with E-state index >= 15 is 4.39 Å². The number of nitrogen functional groups attached to an aromatic ring is 1. The van der Waals surface area contributed by atoms with E-state index in [1.165, 1.54) is 10.9 Å². The first kappa shape index (κ1) is 33.2. The van der Waals surface area contributed by atoms with Crippen LogP contribution in [0.4, 0.5) is 19.9 Å². The zero-order chi connectivity index (χ0) is 31.1. The van der Waals surface area contributed by atoms with Crippen molar-refractivity contribution in [2.45, 2.75) is 72.3 Å². The fraction of sp³-hybridized carbons (Fsp3) is 0.696. The topological polar surface area (TPSA) is 204 Å². The average Bonchev–Trinajstić information content (AvgIpc) is 3.42. The summed E-state index contributed by atoms with van der Waals surface area (Å²) in [6.45, 7) is 7.23. The van der Waals surface area contributed by atoms with Crippen LogP contribution < -0.4 is 10.5 Å². The SMILES string of the molecule is CCOc1nc(N)nc2c1ncn2[C@@H]1O[C@](F)(COP(=O)(OCOC(=O)OC(C)C)OCOC(=O)OC(C)C)C[C@@H]1C. The molecule has 42 heavy (non-hydrogen) atoms. The average molecular weight is 624 g/mol. The van der Waals surface area contributed by atoms with Crippen molar-refractivity contribution < 1.29 is 60.5 Å². The Kier molecular flexibility index (Phi) is 11.3. The number of phosphoric ester groups is 1. The van der Waals surface area contributed by atoms with Gasteiger partial charge in [-0.25, -0.2) is 32.6 Å². The molecule has 0 bridgehead atoms. The number of rotatable bonds is 14. The minimum Gasteiger partial charge on any atom is -0.476 e. The van der Waals surface area contributed by atoms with E-state index in [0.29, 0.717) is 12.1 Å². The Hall–Kier alpha value is -3.31. The molecule has 0 aromatic carbocycles. The fourth-order valence-electron chi connectivity index (χ4n) is 3.73. The Labute approximate surface area is 240 Å². The molecule has 1 fully saturated rings. The lowest BCUT2D eigenvalue weighted by atomic mass is 10.1. The van der Waals surface area contributed by atoms with Gasteiger partial charge in [-0.1, -0.05) is 6.92 Å². The number of alkyl halides is 1. The van der Waals surface area contributed by atoms with Crippen molar-refractivity contribution in [2.75, 3.05) is 32.5 Å². The van der Waals surface area contributed by atoms with Crippen LogP contribution in [0.5, 0.6) is 5.88 Å². The number of nitrogens with zero attached hydrogens (tertiary/aromatic N) is 4. The van der Waals surface area contributed by atoms with Crippen LogP contribution in [0.15, 0.2) is 6.33 Å². The quantitative estimate of drug-likeness (QED) is 0.178. The summed E-state index contributed by atoms with van der Waals surface area (Å²) in [6.07, 6.45) is -3.03. The van der Waals surface area contributed by atoms with E-state index in [1.54, 1.807) is 41.5 Å². The number of nitrogens with two attached hydrogens (primary N) is 1. The molecule has 2 N–H and O–H groups in total. The number of aromatic nitrogens is 4. The number of carbonyl (C=O) groups is 2. The highest BCUT2D eigenvalue weighted by atomic mass is 31.2. The van der Waals surface area contributed by atoms with Crippen molar-refractivity contribution in [3.8, 4) is 5.88 Å². The van der Waals surface area contributed by atoms with Gasteiger partial charge in [-0.2, -0.15) is 9.97 Å². The molecule has 3 heterocycles. The first-order chi connectivity index (χ1) is 19.7. The lowest BCUT2D eigenvalue weighted by Crippen LogP contribution is -2.29. The van der Waals surface area contributed by atoms with E-state index in [4.69, 9.17) is 38.3 Å². The third kappa shape index (κ3) is 9.09. The highest BCUT2D eigenvalue weighted by Gasteiger charge is 2.49. The van der Waals surface area contributed by atoms with Crippen molar-refractivity contribution in [3.63, 3.8) is 0 Å². The largest absolute Gasteiger partial charge is 0.510 e. The number of carbonyl (C=O) groups excluding carboxylic acids is 2. The van der Waals surface area contributed by atoms with Crippen LogP contribution in [0, 0.1) is 5.92 Å². The number of imidazole rings is 1. The molecule has 1 aliphatic heterocycles. The molecule has 3 rings (SSSR count). The summed E-state index contributed by atoms with van der Waals surface area (Å²) in [4.78, 5) is 35.7. The summed E-state index contributed by atoms with van der Waals surface area (Å²) < 4.78 is 75.7. The zero-order valence-electron chi connectivity index (χ0n) is 24.0. The van der Waals surface area contributed by atoms with Gasteiger partial charge in [0, 0.05) is 12.3 Å². The summed E-state index contributed by atoms with van der Waals surface area (Å²) in [7, 11) is -4.71. The number of hydrogen-bond acceptors (Lipinski definition) is 16. The molecule has 1 aliphatic rings. The van der Waals surface area contributed by atoms with Gasteiger partial charge in [-0.05, 0) is 34.6 Å². The molecule has 0 spiro atoms. The second-order valence-electron chi connectivity index (χ2n) is 9.55. The van der Waals surface area contributed by atoms with E-state index in [1.807, 2.05) is 0 Å². The number of ether oxygens (including phenoxy) is 6. The molecule has 2 aromatic rings. The highest BCUT2D eigenvalue weighted by molar-refractivity contribution is 7.48. The van der Waals surface area contributed by atoms with Gasteiger partial charge >= 0.3 is 20.1 Å². The van der Waals surface area contributed by atoms with Crippen LogP contribution in [-0.2, 0) is 41.8 Å². The summed E-state index contributed by atoms with van der Waals surface area (Å²) in [6, 6.07) is 0. The summed E-state index contributed by atoms with van der Waals surface area (Å²) in [5.41, 5.74) is 6.36. The van der Waals surface area contributed by atoms with E-state index in [9.17, 15) is 14.2 Å². The maximum atomic E-state index is 15.9. The van der Waals surface area contributed by atoms with Crippen LogP contribution in [-0.4, -0.2) is 76.7 Å². The third-order valence-electron chi connectivity index (χ3n) is 5.28. The van der Waals surface area contributed by atoms with Gasteiger partial charge in [-0.15, -0.1) is 0 Å². The summed E-state index contributed by atoms with van der Waals surface area (Å²) in [5.74, 6) is -2.89. The lowest BCUT2D eigenvalue weighted by molar-refractivity contribution is -0.177. The summed E-state index contributed by atoms with van der Waals surface area (Å²) >= 11 is 0. The van der Waals surface area contributed by atoms with Gasteiger partial charge in [0.2, 0.25) is 31.3 Å². The molecule has 19 heteroatoms. The second-order valence-corrected chi connectivity index (χ2v) is 11.2. The van der Waals surface area contributed by atoms with Crippen LogP contribution in [0.25, 0.3) is 11.2 Å². The van der Waals surface area contributed by atoms with Gasteiger partial charge in [0.1, 0.15) is 12.8 Å². The monoisotopic (exact) mass is 623 g/mol. The van der Waals surface area contributed by atoms with E-state index < -0.39 is 70.5 Å². The van der Waals surface area contributed by atoms with Gasteiger partial charge in [0.05, 0.1) is 25.1 Å². The Morgan fingerprint density at radius 3 is 2.26 bits per heavy atom. The van der Waals surface area contributed by atoms with Crippen LogP contribution in [0.1, 0.15) is 54.2 Å². The van der Waals surface area contributed by atoms with Crippen LogP contribution in [0.3, 0.4) is 0 Å². The van der Waals surface area contributed by atoms with Crippen LogP contribution in [0.2, 0.25) is 0 Å². The number of hydrogen-bond donors (Lipinski definition) is 1. The first-order valence-electron chi connectivity index (χ1n) is 12.9. The molecule has 0 aliphatic carbocycles. The molecule has 1 saturated heterocycles.